The fourth-order valence-electron chi connectivity index (χ4n) is 12.1. The Labute approximate surface area is 657 Å². The number of rotatable bonds is 45. The molecular weight excluding hydrogens is 1500 g/mol. The molecule has 2 saturated heterocycles. The van der Waals surface area contributed by atoms with Gasteiger partial charge in [-0.05, 0) is 138 Å². The van der Waals surface area contributed by atoms with Crippen LogP contribution in [0.5, 0.6) is 11.5 Å². The van der Waals surface area contributed by atoms with E-state index in [4.69, 9.17) is 27.3 Å². The molecule has 2 heterocycles. The fraction of sp³-hybridized carbons (Fsp3) is 0.595. The van der Waals surface area contributed by atoms with Crippen molar-refractivity contribution in [3.63, 3.8) is 0 Å². The normalized spacial score (nSPS) is 20.5. The van der Waals surface area contributed by atoms with Crippen molar-refractivity contribution in [2.75, 3.05) is 51.3 Å². The van der Waals surface area contributed by atoms with Crippen molar-refractivity contribution in [2.45, 2.75) is 216 Å². The first-order valence-electron chi connectivity index (χ1n) is 37.6. The second-order valence-electron chi connectivity index (χ2n) is 27.6. The molecule has 36 nitrogen and oxygen atoms in total. The van der Waals surface area contributed by atoms with Crippen LogP contribution in [0.15, 0.2) is 53.5 Å². The van der Waals surface area contributed by atoms with Gasteiger partial charge in [-0.1, -0.05) is 65.1 Å². The minimum Gasteiger partial charge on any atom is -0.508 e. The Balaban J connectivity index is 1.55. The summed E-state index contributed by atoms with van der Waals surface area (Å²) in [5.41, 5.74) is 18.2. The minimum atomic E-state index is -1.74. The number of amidine groups is 2. The number of aromatic hydroxyl groups is 2. The molecule has 618 valence electrons. The van der Waals surface area contributed by atoms with E-state index >= 15 is 0 Å². The van der Waals surface area contributed by atoms with Crippen LogP contribution >= 0.6 is 21.6 Å². The predicted octanol–water partition coefficient (Wildman–Crippen LogP) is -0.410. The summed E-state index contributed by atoms with van der Waals surface area (Å²) in [4.78, 5) is 221. The molecular formula is C74H110N16O20S2. The van der Waals surface area contributed by atoms with Crippen LogP contribution < -0.4 is 75.7 Å². The highest BCUT2D eigenvalue weighted by Crippen LogP contribution is 2.22. The Morgan fingerprint density at radius 1 is 0.589 bits per heavy atom. The zero-order valence-corrected chi connectivity index (χ0v) is 65.0. The lowest BCUT2D eigenvalue weighted by atomic mass is 9.93. The van der Waals surface area contributed by atoms with E-state index in [1.165, 1.54) is 70.1 Å². The van der Waals surface area contributed by atoms with Crippen LogP contribution in [-0.2, 0) is 94.3 Å². The maximum atomic E-state index is 14.5. The summed E-state index contributed by atoms with van der Waals surface area (Å²) < 4.78 is 4.87. The highest BCUT2D eigenvalue weighted by atomic mass is 33.1. The Kier molecular flexibility index (Phi) is 43.8. The summed E-state index contributed by atoms with van der Waals surface area (Å²) in [6.07, 6.45) is 3.40. The highest BCUT2D eigenvalue weighted by molar-refractivity contribution is 8.76. The first-order chi connectivity index (χ1) is 53.4. The molecule has 38 heteroatoms. The average molecular weight is 1610 g/mol. The minimum absolute atomic E-state index is 0.00225. The van der Waals surface area contributed by atoms with Gasteiger partial charge in [-0.15, -0.1) is 0 Å². The van der Waals surface area contributed by atoms with E-state index in [-0.39, 0.29) is 176 Å². The van der Waals surface area contributed by atoms with Crippen LogP contribution in [0.4, 0.5) is 0 Å². The standard InChI is InChI=1S/C74H110N16O20S2/c1-44(75)79-33-13-18-54-71(106)86-55(72(107)88-57(34-45-21-26-49(92)27-22-45)61(96)37-48(41-110-43-91)68(103)82-39-64(98)85-54)16-9-11-31-80-63(97)30-25-47(36-51(94)14-5-3-4-6-19-60(95)52(76)42-112-111-2)67(102)81-32-12-10-17-56-73(108)89-58(35-46-23-28-50(93)29-24-46)74(109)90-59(38-66(100)101)69(104)83-40-65(99)84-53(70(105)87-56)15-7-8-20-62(77)78/h21-24,26-29,43,47-48,52-59,92-93H,3-20,25,30-42,76H2,1-2H3,(H2,75,79)(H3,77,78)(H,80,97)(H,81,102)(H,82,103)(H,83,104)(H,84,99)(H,85,98)(H,86,106)(H,87,105)(H,88,107)(H,89,108)(H,90,109)(H,100,101)/t47?,48-,52?,53-,54-,55?,56?,57?,58+,59-/m1/s1. The van der Waals surface area contributed by atoms with Crippen LogP contribution in [0.25, 0.3) is 0 Å². The number of hydrogen-bond donors (Lipinski definition) is 18. The van der Waals surface area contributed by atoms with Gasteiger partial charge < -0.3 is 95.7 Å². The van der Waals surface area contributed by atoms with E-state index in [0.717, 1.165) is 0 Å². The lowest BCUT2D eigenvalue weighted by Crippen LogP contribution is -2.58. The van der Waals surface area contributed by atoms with E-state index in [9.17, 15) is 92.0 Å². The summed E-state index contributed by atoms with van der Waals surface area (Å²) in [6.45, 7) is -0.162. The number of carboxylic acids is 1. The Morgan fingerprint density at radius 3 is 1.60 bits per heavy atom. The zero-order chi connectivity index (χ0) is 82.5. The molecule has 2 aliphatic heterocycles. The van der Waals surface area contributed by atoms with Crippen LogP contribution in [-0.4, -0.2) is 221 Å². The number of amides is 11. The van der Waals surface area contributed by atoms with Gasteiger partial charge in [0.15, 0.2) is 5.78 Å². The molecule has 21 N–H and O–H groups in total. The van der Waals surface area contributed by atoms with Gasteiger partial charge in [-0.25, -0.2) is 0 Å². The summed E-state index contributed by atoms with van der Waals surface area (Å²) in [6, 6.07) is 0.751. The molecule has 4 rings (SSSR count). The number of carbonyl (C=O) groups is 16. The van der Waals surface area contributed by atoms with Crippen molar-refractivity contribution in [3.05, 3.63) is 59.7 Å². The van der Waals surface area contributed by atoms with Gasteiger partial charge in [0, 0.05) is 76.3 Å². The van der Waals surface area contributed by atoms with Crippen LogP contribution in [0, 0.1) is 17.2 Å². The maximum absolute atomic E-state index is 14.5. The van der Waals surface area contributed by atoms with Crippen molar-refractivity contribution in [2.24, 2.45) is 34.0 Å². The number of ether oxygens (including phenoxy) is 1. The fourth-order valence-corrected chi connectivity index (χ4v) is 13.4. The van der Waals surface area contributed by atoms with Crippen LogP contribution in [0.1, 0.15) is 166 Å². The van der Waals surface area contributed by atoms with Crippen molar-refractivity contribution in [1.29, 1.82) is 5.41 Å². The number of unbranched alkanes of at least 4 members (excludes halogenated alkanes) is 6. The molecule has 2 fully saturated rings. The van der Waals surface area contributed by atoms with Gasteiger partial charge in [0.2, 0.25) is 65.0 Å². The second kappa shape index (κ2) is 52.1. The molecule has 0 saturated carbocycles. The average Bonchev–Trinajstić information content (AvgIpc) is 1.31. The van der Waals surface area contributed by atoms with E-state index < -0.39 is 169 Å². The summed E-state index contributed by atoms with van der Waals surface area (Å²) in [7, 11) is 3.00. The van der Waals surface area contributed by atoms with Gasteiger partial charge in [0.1, 0.15) is 65.9 Å². The van der Waals surface area contributed by atoms with Gasteiger partial charge >= 0.3 is 5.97 Å². The Bertz CT molecular complexity index is 3550. The lowest BCUT2D eigenvalue weighted by molar-refractivity contribution is -0.141. The third kappa shape index (κ3) is 38.1. The number of phenolic OH excluding ortho intramolecular Hbond substituents is 2. The molecule has 0 radical (unpaired) electrons. The number of aliphatic carboxylic acids is 1. The number of nitrogens with one attached hydrogen (secondary N) is 12. The number of carbonyl (C=O) groups excluding carboxylic acids is 15. The second-order valence-corrected chi connectivity index (χ2v) is 30.2. The van der Waals surface area contributed by atoms with Gasteiger partial charge in [0.25, 0.3) is 6.47 Å². The Morgan fingerprint density at radius 2 is 1.06 bits per heavy atom. The lowest BCUT2D eigenvalue weighted by Gasteiger charge is -2.26. The molecule has 2 aromatic rings. The smallest absolute Gasteiger partial charge is 0.305 e. The number of phenols is 2. The molecule has 0 bridgehead atoms. The first kappa shape index (κ1) is 94.1. The van der Waals surface area contributed by atoms with Crippen LogP contribution in [0.3, 0.4) is 0 Å². The van der Waals surface area contributed by atoms with E-state index in [0.29, 0.717) is 49.0 Å². The van der Waals surface area contributed by atoms with Gasteiger partial charge in [-0.2, -0.15) is 0 Å². The Hall–Kier alpha value is -10.2. The van der Waals surface area contributed by atoms with Crippen molar-refractivity contribution in [3.8, 4) is 11.5 Å². The monoisotopic (exact) mass is 1610 g/mol. The topological polar surface area (TPSA) is 590 Å². The van der Waals surface area contributed by atoms with Gasteiger partial charge in [0.05, 0.1) is 49.2 Å². The molecule has 0 spiro atoms. The van der Waals surface area contributed by atoms with Crippen molar-refractivity contribution >= 4 is 128 Å². The number of nitrogens with two attached hydrogens (primary N) is 3. The number of hydrogen-bond acceptors (Lipinski definition) is 24. The van der Waals surface area contributed by atoms with Crippen molar-refractivity contribution in [1.82, 2.24) is 58.5 Å². The number of ketones is 3. The molecule has 2 aromatic carbocycles. The number of aliphatic imine (C=N–C) groups is 1. The molecule has 0 aromatic heterocycles. The third-order valence-corrected chi connectivity index (χ3v) is 20.2. The largest absolute Gasteiger partial charge is 0.508 e. The molecule has 0 aliphatic carbocycles. The number of benzene rings is 2. The highest BCUT2D eigenvalue weighted by Gasteiger charge is 2.36. The van der Waals surface area contributed by atoms with Gasteiger partial charge in [-0.3, -0.25) is 87.1 Å². The van der Waals surface area contributed by atoms with Crippen molar-refractivity contribution < 1.29 is 96.8 Å². The summed E-state index contributed by atoms with van der Waals surface area (Å²) in [5, 5.41) is 65.8. The van der Waals surface area contributed by atoms with E-state index in [1.54, 1.807) is 6.92 Å². The zero-order valence-electron chi connectivity index (χ0n) is 63.4. The maximum Gasteiger partial charge on any atom is 0.305 e. The van der Waals surface area contributed by atoms with Crippen LogP contribution in [0.2, 0.25) is 0 Å². The SMILES string of the molecule is CSSCC(N)C(=O)CCCCCCC(=O)CC(CCC(=O)NCCCCC1NC(=O)[C@@H](CCCN=C(C)N)NC(=O)CNC(=O)[C@@H](COC=O)CC(=O)C(Cc2ccc(O)cc2)NC1=O)C(=O)NCCCCC1NC(=O)[C@@H](CCCCC(=N)N)NC(=O)CNC(=O)[C@@H](CC(=O)O)NC(=O)[C@H](Cc2ccc(O)cc2)NC1=O. The summed E-state index contributed by atoms with van der Waals surface area (Å²) >= 11 is 0. The quantitative estimate of drug-likeness (QED) is 0.0132. The molecule has 10 atom stereocenters. The van der Waals surface area contributed by atoms with E-state index in [2.05, 4.69) is 63.5 Å². The summed E-state index contributed by atoms with van der Waals surface area (Å²) in [5.74, 6) is -13.4. The number of carboxylic acid groups (broad SMARTS) is 1. The molecule has 112 heavy (non-hydrogen) atoms. The molecule has 5 unspecified atom stereocenters. The molecule has 2 aliphatic rings. The molecule has 11 amide bonds. The first-order valence-corrected chi connectivity index (χ1v) is 40.3. The number of nitrogens with zero attached hydrogens (tertiary/aromatic N) is 1. The van der Waals surface area contributed by atoms with E-state index in [1.807, 2.05) is 6.26 Å². The number of Topliss-reactive ketones (excluding diaryl/α,β-unsaturated/α-hetero) is 3. The third-order valence-electron chi connectivity index (χ3n) is 18.3. The predicted molar refractivity (Wildman–Crippen MR) is 415 cm³/mol.